The van der Waals surface area contributed by atoms with E-state index < -0.39 is 0 Å². The Kier molecular flexibility index (Phi) is 5.55. The number of hydrogen-bond donors (Lipinski definition) is 1. The summed E-state index contributed by atoms with van der Waals surface area (Å²) >= 11 is 0. The Labute approximate surface area is 104 Å². The van der Waals surface area contributed by atoms with Gasteiger partial charge in [-0.05, 0) is 38.1 Å². The zero-order valence-corrected chi connectivity index (χ0v) is 11.0. The summed E-state index contributed by atoms with van der Waals surface area (Å²) in [6, 6.07) is 4.06. The predicted molar refractivity (Wildman–Crippen MR) is 69.7 cm³/mol. The van der Waals surface area contributed by atoms with Crippen LogP contribution in [0.4, 0.5) is 0 Å². The quantitative estimate of drug-likeness (QED) is 0.776. The van der Waals surface area contributed by atoms with Crippen LogP contribution in [0.3, 0.4) is 0 Å². The van der Waals surface area contributed by atoms with Crippen LogP contribution in [0.5, 0.6) is 0 Å². The van der Waals surface area contributed by atoms with Gasteiger partial charge in [-0.15, -0.1) is 0 Å². The zero-order valence-electron chi connectivity index (χ0n) is 11.0. The molecule has 1 aromatic rings. The van der Waals surface area contributed by atoms with Gasteiger partial charge in [-0.3, -0.25) is 9.88 Å². The van der Waals surface area contributed by atoms with Crippen LogP contribution in [0.1, 0.15) is 18.9 Å². The Morgan fingerprint density at radius 2 is 2.06 bits per heavy atom. The lowest BCUT2D eigenvalue weighted by Gasteiger charge is -2.38. The van der Waals surface area contributed by atoms with Gasteiger partial charge in [-0.1, -0.05) is 0 Å². The van der Waals surface area contributed by atoms with E-state index in [1.54, 1.807) is 7.11 Å². The molecule has 0 bridgehead atoms. The first-order valence-electron chi connectivity index (χ1n) is 5.91. The van der Waals surface area contributed by atoms with Gasteiger partial charge < -0.3 is 10.5 Å². The second-order valence-corrected chi connectivity index (χ2v) is 4.66. The maximum absolute atomic E-state index is 5.89. The Morgan fingerprint density at radius 1 is 1.41 bits per heavy atom. The monoisotopic (exact) mass is 237 g/mol. The van der Waals surface area contributed by atoms with Crippen molar-refractivity contribution < 1.29 is 4.74 Å². The van der Waals surface area contributed by atoms with Gasteiger partial charge in [0.05, 0.1) is 0 Å². The third-order valence-electron chi connectivity index (χ3n) is 3.38. The largest absolute Gasteiger partial charge is 0.385 e. The van der Waals surface area contributed by atoms with E-state index in [1.165, 1.54) is 5.56 Å². The first-order valence-corrected chi connectivity index (χ1v) is 5.91. The summed E-state index contributed by atoms with van der Waals surface area (Å²) in [5, 5.41) is 0. The minimum absolute atomic E-state index is 0.0285. The van der Waals surface area contributed by atoms with Crippen LogP contribution in [-0.4, -0.2) is 42.7 Å². The number of ether oxygens (including phenoxy) is 1. The van der Waals surface area contributed by atoms with Gasteiger partial charge in [0.1, 0.15) is 0 Å². The van der Waals surface area contributed by atoms with Crippen molar-refractivity contribution in [3.8, 4) is 0 Å². The third kappa shape index (κ3) is 4.07. The average molecular weight is 237 g/mol. The summed E-state index contributed by atoms with van der Waals surface area (Å²) in [5.74, 6) is 0. The average Bonchev–Trinajstić information content (AvgIpc) is 2.37. The molecule has 0 aliphatic carbocycles. The van der Waals surface area contributed by atoms with E-state index in [0.717, 1.165) is 19.6 Å². The molecule has 1 unspecified atom stereocenters. The standard InChI is InChI=1S/C13H23N3O/c1-13(11-14,6-9-17-3)16(2)10-12-4-7-15-8-5-12/h4-5,7-8H,6,9-11,14H2,1-3H3. The van der Waals surface area contributed by atoms with Crippen molar-refractivity contribution in [1.82, 2.24) is 9.88 Å². The molecule has 0 aliphatic heterocycles. The molecule has 2 N–H and O–H groups in total. The number of aromatic nitrogens is 1. The molecule has 0 fully saturated rings. The van der Waals surface area contributed by atoms with Crippen LogP contribution in [-0.2, 0) is 11.3 Å². The normalized spacial score (nSPS) is 14.9. The van der Waals surface area contributed by atoms with Gasteiger partial charge >= 0.3 is 0 Å². The summed E-state index contributed by atoms with van der Waals surface area (Å²) in [6.07, 6.45) is 4.57. The van der Waals surface area contributed by atoms with Crippen LogP contribution < -0.4 is 5.73 Å². The van der Waals surface area contributed by atoms with E-state index in [1.807, 2.05) is 24.5 Å². The van der Waals surface area contributed by atoms with Crippen LogP contribution in [0.25, 0.3) is 0 Å². The van der Waals surface area contributed by atoms with E-state index in [4.69, 9.17) is 10.5 Å². The number of hydrogen-bond acceptors (Lipinski definition) is 4. The van der Waals surface area contributed by atoms with E-state index in [-0.39, 0.29) is 5.54 Å². The molecule has 4 heteroatoms. The fourth-order valence-electron chi connectivity index (χ4n) is 1.72. The highest BCUT2D eigenvalue weighted by Gasteiger charge is 2.27. The molecule has 17 heavy (non-hydrogen) atoms. The molecule has 0 aromatic carbocycles. The summed E-state index contributed by atoms with van der Waals surface area (Å²) in [6.45, 7) is 4.40. The van der Waals surface area contributed by atoms with E-state index in [0.29, 0.717) is 6.54 Å². The maximum atomic E-state index is 5.89. The summed E-state index contributed by atoms with van der Waals surface area (Å²) < 4.78 is 5.15. The van der Waals surface area contributed by atoms with Crippen molar-refractivity contribution in [2.24, 2.45) is 5.73 Å². The third-order valence-corrected chi connectivity index (χ3v) is 3.38. The van der Waals surface area contributed by atoms with Crippen molar-refractivity contribution in [3.05, 3.63) is 30.1 Å². The van der Waals surface area contributed by atoms with Crippen molar-refractivity contribution >= 4 is 0 Å². The first-order chi connectivity index (χ1) is 8.12. The second-order valence-electron chi connectivity index (χ2n) is 4.66. The lowest BCUT2D eigenvalue weighted by molar-refractivity contribution is 0.0839. The molecule has 0 saturated heterocycles. The number of likely N-dealkylation sites (N-methyl/N-ethyl adjacent to an activating group) is 1. The molecule has 0 amide bonds. The fourth-order valence-corrected chi connectivity index (χ4v) is 1.72. The molecule has 0 saturated carbocycles. The molecular weight excluding hydrogens is 214 g/mol. The molecule has 0 aliphatic rings. The number of nitrogens with zero attached hydrogens (tertiary/aromatic N) is 2. The lowest BCUT2D eigenvalue weighted by atomic mass is 9.96. The molecule has 1 rings (SSSR count). The van der Waals surface area contributed by atoms with Gasteiger partial charge in [-0.25, -0.2) is 0 Å². The highest BCUT2D eigenvalue weighted by atomic mass is 16.5. The molecule has 1 atom stereocenters. The van der Waals surface area contributed by atoms with Crippen molar-refractivity contribution in [2.75, 3.05) is 27.3 Å². The number of rotatable bonds is 7. The number of methoxy groups -OCH3 is 1. The van der Waals surface area contributed by atoms with Gasteiger partial charge in [0.25, 0.3) is 0 Å². The zero-order chi connectivity index (χ0) is 12.7. The summed E-state index contributed by atoms with van der Waals surface area (Å²) in [5.41, 5.74) is 7.11. The Morgan fingerprint density at radius 3 is 2.59 bits per heavy atom. The van der Waals surface area contributed by atoms with Crippen molar-refractivity contribution in [1.29, 1.82) is 0 Å². The van der Waals surface area contributed by atoms with Crippen molar-refractivity contribution in [3.63, 3.8) is 0 Å². The van der Waals surface area contributed by atoms with Gasteiger partial charge in [-0.2, -0.15) is 0 Å². The highest BCUT2D eigenvalue weighted by Crippen LogP contribution is 2.19. The van der Waals surface area contributed by atoms with Crippen molar-refractivity contribution in [2.45, 2.75) is 25.4 Å². The second kappa shape index (κ2) is 6.69. The maximum Gasteiger partial charge on any atom is 0.0480 e. The SMILES string of the molecule is COCCC(C)(CN)N(C)Cc1ccncc1. The smallest absolute Gasteiger partial charge is 0.0480 e. The molecule has 1 aromatic heterocycles. The van der Waals surface area contributed by atoms with Crippen LogP contribution in [0.15, 0.2) is 24.5 Å². The molecule has 1 heterocycles. The molecular formula is C13H23N3O. The lowest BCUT2D eigenvalue weighted by Crippen LogP contribution is -2.49. The molecule has 96 valence electrons. The number of nitrogens with two attached hydrogens (primary N) is 1. The topological polar surface area (TPSA) is 51.4 Å². The Hall–Kier alpha value is -0.970. The summed E-state index contributed by atoms with van der Waals surface area (Å²) in [4.78, 5) is 6.30. The van der Waals surface area contributed by atoms with E-state index in [2.05, 4.69) is 23.9 Å². The Balaban J connectivity index is 2.63. The van der Waals surface area contributed by atoms with Crippen LogP contribution in [0.2, 0.25) is 0 Å². The molecule has 0 spiro atoms. The fraction of sp³-hybridized carbons (Fsp3) is 0.615. The van der Waals surface area contributed by atoms with Gasteiger partial charge in [0, 0.05) is 44.7 Å². The minimum atomic E-state index is -0.0285. The van der Waals surface area contributed by atoms with E-state index >= 15 is 0 Å². The molecule has 0 radical (unpaired) electrons. The van der Waals surface area contributed by atoms with Gasteiger partial charge in [0.15, 0.2) is 0 Å². The van der Waals surface area contributed by atoms with Crippen LogP contribution >= 0.6 is 0 Å². The van der Waals surface area contributed by atoms with Gasteiger partial charge in [0.2, 0.25) is 0 Å². The predicted octanol–water partition coefficient (Wildman–Crippen LogP) is 1.27. The van der Waals surface area contributed by atoms with Crippen LogP contribution in [0, 0.1) is 0 Å². The van der Waals surface area contributed by atoms with E-state index in [9.17, 15) is 0 Å². The minimum Gasteiger partial charge on any atom is -0.385 e. The number of pyridine rings is 1. The highest BCUT2D eigenvalue weighted by molar-refractivity contribution is 5.10. The molecule has 4 nitrogen and oxygen atoms in total. The first kappa shape index (κ1) is 14.1. The Bertz CT molecular complexity index is 318. The summed E-state index contributed by atoms with van der Waals surface area (Å²) in [7, 11) is 3.82.